The van der Waals surface area contributed by atoms with Crippen molar-refractivity contribution in [2.45, 2.75) is 222 Å². The van der Waals surface area contributed by atoms with Crippen molar-refractivity contribution in [1.29, 1.82) is 0 Å². The zero-order valence-corrected chi connectivity index (χ0v) is 44.1. The highest BCUT2D eigenvalue weighted by molar-refractivity contribution is 5.75. The van der Waals surface area contributed by atoms with Gasteiger partial charge in [0.2, 0.25) is 0 Å². The van der Waals surface area contributed by atoms with Crippen molar-refractivity contribution in [3.05, 3.63) is 23.8 Å². The first-order valence-electron chi connectivity index (χ1n) is 26.8. The van der Waals surface area contributed by atoms with Crippen LogP contribution in [0, 0.1) is 46.3 Å². The van der Waals surface area contributed by atoms with Gasteiger partial charge in [-0.3, -0.25) is 4.79 Å². The molecule has 18 unspecified atom stereocenters. The highest BCUT2D eigenvalue weighted by atomic mass is 16.8. The number of allylic oxidation sites excluding steroid dienone is 1. The Bertz CT molecular complexity index is 2010. The van der Waals surface area contributed by atoms with E-state index in [9.17, 15) is 55.5 Å². The second-order valence-corrected chi connectivity index (χ2v) is 23.2. The van der Waals surface area contributed by atoms with E-state index in [0.29, 0.717) is 31.3 Å². The van der Waals surface area contributed by atoms with Crippen molar-refractivity contribution in [3.8, 4) is 0 Å². The molecule has 0 aromatic rings. The number of hydrogen-bond donors (Lipinski definition) is 9. The van der Waals surface area contributed by atoms with E-state index in [1.54, 1.807) is 14.0 Å². The number of hydrogen-bond acceptors (Lipinski definition) is 21. The topological polar surface area (TPSA) is 309 Å². The fourth-order valence-electron chi connectivity index (χ4n) is 14.6. The Kier molecular flexibility index (Phi) is 17.9. The number of aliphatic hydroxyl groups is 9. The summed E-state index contributed by atoms with van der Waals surface area (Å²) in [5.74, 6) is -2.41. The van der Waals surface area contributed by atoms with Crippen LogP contribution >= 0.6 is 0 Å². The zero-order valence-electron chi connectivity index (χ0n) is 44.1. The first kappa shape index (κ1) is 57.9. The number of ether oxygens (including phenoxy) is 10. The van der Waals surface area contributed by atoms with Crippen LogP contribution in [0.2, 0.25) is 0 Å². The Labute approximate surface area is 433 Å². The predicted octanol–water partition coefficient (Wildman–Crippen LogP) is 0.881. The van der Waals surface area contributed by atoms with Crippen LogP contribution < -0.4 is 0 Å². The van der Waals surface area contributed by atoms with Crippen molar-refractivity contribution in [2.75, 3.05) is 26.9 Å². The first-order valence-corrected chi connectivity index (χ1v) is 26.8. The van der Waals surface area contributed by atoms with Crippen LogP contribution in [0.15, 0.2) is 23.8 Å². The molecule has 422 valence electrons. The van der Waals surface area contributed by atoms with Crippen molar-refractivity contribution >= 4 is 11.9 Å². The summed E-state index contributed by atoms with van der Waals surface area (Å²) in [7, 11) is 1.66. The van der Waals surface area contributed by atoms with Gasteiger partial charge < -0.3 is 93.3 Å². The molecule has 0 aromatic carbocycles. The van der Waals surface area contributed by atoms with Crippen LogP contribution in [0.5, 0.6) is 0 Å². The molecular formula is C53H84O21. The Morgan fingerprint density at radius 2 is 1.59 bits per heavy atom. The van der Waals surface area contributed by atoms with Gasteiger partial charge in [0.05, 0.1) is 44.2 Å². The molecule has 7 fully saturated rings. The van der Waals surface area contributed by atoms with E-state index >= 15 is 0 Å². The minimum absolute atomic E-state index is 0.0120. The molecule has 0 amide bonds. The van der Waals surface area contributed by atoms with Crippen molar-refractivity contribution in [3.63, 3.8) is 0 Å². The molecule has 4 heterocycles. The van der Waals surface area contributed by atoms with Gasteiger partial charge >= 0.3 is 11.9 Å². The molecule has 27 atom stereocenters. The standard InChI is InChI=1S/C53H84O21/c1-10-24(3)38(57)47(64)70-35-22-67-50(46(45(35)69-27(6)55)73-49-44(63)41(60)39(58)26(5)68-49)72-36-18-29(56)17-28-11-12-30-31(52(28,36)8)14-15-51(7)32(30)19-33-37(51)25(4)53(65-9,74-33)16-13-23(2)21-66-48-43(62)42(61)40(59)34(20-54)71-48/h11,24-26,29-46,48-50,54,56-63H,2,10,12-22H2,1,3-9H3/t24-,25-,26?,29+,30+,31-,32-,33?,34?,35?,36?,37?,38-,39?,40?,41?,42?,43?,44?,45?,46?,48?,49?,50?,51-,52-,53?/m0/s1. The van der Waals surface area contributed by atoms with Gasteiger partial charge in [-0.25, -0.2) is 4.79 Å². The molecule has 0 bridgehead atoms. The van der Waals surface area contributed by atoms with Gasteiger partial charge in [-0.2, -0.15) is 0 Å². The molecule has 4 aliphatic carbocycles. The van der Waals surface area contributed by atoms with Crippen molar-refractivity contribution in [2.24, 2.45) is 46.3 Å². The minimum atomic E-state index is -1.77. The average Bonchev–Trinajstić information content (AvgIpc) is 3.83. The molecular weight excluding hydrogens is 973 g/mol. The van der Waals surface area contributed by atoms with Gasteiger partial charge in [0.15, 0.2) is 49.1 Å². The quantitative estimate of drug-likeness (QED) is 0.0722. The minimum Gasteiger partial charge on any atom is -0.455 e. The summed E-state index contributed by atoms with van der Waals surface area (Å²) in [6.45, 7) is 16.2. The second-order valence-electron chi connectivity index (χ2n) is 23.2. The van der Waals surface area contributed by atoms with Crippen molar-refractivity contribution < 1.29 is 103 Å². The number of esters is 2. The van der Waals surface area contributed by atoms with E-state index in [-0.39, 0.29) is 60.7 Å². The van der Waals surface area contributed by atoms with E-state index in [4.69, 9.17) is 47.4 Å². The number of rotatable bonds is 17. The number of carbonyl (C=O) groups excluding carboxylic acids is 2. The summed E-state index contributed by atoms with van der Waals surface area (Å²) in [5, 5.41) is 95.3. The predicted molar refractivity (Wildman–Crippen MR) is 257 cm³/mol. The highest BCUT2D eigenvalue weighted by Crippen LogP contribution is 2.70. The third-order valence-electron chi connectivity index (χ3n) is 19.1. The molecule has 0 radical (unpaired) electrons. The summed E-state index contributed by atoms with van der Waals surface area (Å²) in [5.41, 5.74) is 0.978. The summed E-state index contributed by atoms with van der Waals surface area (Å²) < 4.78 is 62.0. The number of methoxy groups -OCH3 is 1. The summed E-state index contributed by atoms with van der Waals surface area (Å²) in [6, 6.07) is 0. The molecule has 21 heteroatoms. The lowest BCUT2D eigenvalue weighted by Gasteiger charge is -2.60. The second kappa shape index (κ2) is 22.8. The molecule has 21 nitrogen and oxygen atoms in total. The fraction of sp³-hybridized carbons (Fsp3) is 0.887. The van der Waals surface area contributed by atoms with Crippen LogP contribution in [0.1, 0.15) is 106 Å². The molecule has 4 aliphatic heterocycles. The van der Waals surface area contributed by atoms with E-state index in [1.165, 1.54) is 13.8 Å². The smallest absolute Gasteiger partial charge is 0.335 e. The lowest BCUT2D eigenvalue weighted by atomic mass is 9.46. The normalized spacial score (nSPS) is 48.8. The third-order valence-corrected chi connectivity index (χ3v) is 19.1. The largest absolute Gasteiger partial charge is 0.455 e. The van der Waals surface area contributed by atoms with Gasteiger partial charge in [-0.05, 0) is 80.5 Å². The number of aliphatic hydroxyl groups excluding tert-OH is 9. The Morgan fingerprint density at radius 3 is 2.27 bits per heavy atom. The van der Waals surface area contributed by atoms with Crippen LogP contribution in [0.25, 0.3) is 0 Å². The Balaban J connectivity index is 0.999. The maximum Gasteiger partial charge on any atom is 0.335 e. The molecule has 8 aliphatic rings. The van der Waals surface area contributed by atoms with Gasteiger partial charge in [0.1, 0.15) is 42.7 Å². The zero-order chi connectivity index (χ0) is 53.9. The van der Waals surface area contributed by atoms with Gasteiger partial charge in [-0.1, -0.05) is 64.8 Å². The first-order chi connectivity index (χ1) is 34.9. The lowest BCUT2D eigenvalue weighted by molar-refractivity contribution is -0.363. The summed E-state index contributed by atoms with van der Waals surface area (Å²) in [4.78, 5) is 26.2. The Morgan fingerprint density at radius 1 is 0.892 bits per heavy atom. The molecule has 8 rings (SSSR count). The van der Waals surface area contributed by atoms with E-state index in [1.807, 2.05) is 6.92 Å². The number of fused-ring (bicyclic) bond motifs is 7. The highest BCUT2D eigenvalue weighted by Gasteiger charge is 2.69. The maximum absolute atomic E-state index is 13.3. The SMILES string of the molecule is C=C(CCC1(OC)OC2C[C@H]3[C@@H]4CC=C5C[C@@H](O)CC(OC6OCC(OC(=O)[C@@H](O)[C@@H](C)CC)C(OC(C)=O)C6OC6OC(C)C(O)C(O)C6O)[C@]5(C)[C@H]4CC[C@]3(C)C2[C@@H]1C)COC1OC(CO)C(O)C(O)C1O. The van der Waals surface area contributed by atoms with Gasteiger partial charge in [0, 0.05) is 38.2 Å². The molecule has 4 saturated heterocycles. The summed E-state index contributed by atoms with van der Waals surface area (Å²) in [6.07, 6.45) is -15.4. The van der Waals surface area contributed by atoms with E-state index < -0.39 is 140 Å². The maximum atomic E-state index is 13.3. The van der Waals surface area contributed by atoms with E-state index in [2.05, 4.69) is 33.4 Å². The number of carbonyl (C=O) groups is 2. The fourth-order valence-corrected chi connectivity index (χ4v) is 14.6. The molecule has 9 N–H and O–H groups in total. The van der Waals surface area contributed by atoms with Crippen LogP contribution in [-0.4, -0.2) is 201 Å². The van der Waals surface area contributed by atoms with Crippen molar-refractivity contribution in [1.82, 2.24) is 0 Å². The monoisotopic (exact) mass is 1060 g/mol. The average molecular weight is 1060 g/mol. The van der Waals surface area contributed by atoms with Crippen LogP contribution in [0.4, 0.5) is 0 Å². The molecule has 3 saturated carbocycles. The van der Waals surface area contributed by atoms with Crippen LogP contribution in [-0.2, 0) is 57.0 Å². The van der Waals surface area contributed by atoms with E-state index in [0.717, 1.165) is 31.3 Å². The third kappa shape index (κ3) is 10.5. The molecule has 74 heavy (non-hydrogen) atoms. The lowest BCUT2D eigenvalue weighted by Crippen LogP contribution is -2.64. The summed E-state index contributed by atoms with van der Waals surface area (Å²) >= 11 is 0. The molecule has 0 spiro atoms. The molecule has 0 aromatic heterocycles. The Hall–Kier alpha value is -2.26. The van der Waals surface area contributed by atoms with Gasteiger partial charge in [-0.15, -0.1) is 0 Å². The van der Waals surface area contributed by atoms with Crippen LogP contribution in [0.3, 0.4) is 0 Å². The van der Waals surface area contributed by atoms with Gasteiger partial charge in [0.25, 0.3) is 0 Å².